The van der Waals surface area contributed by atoms with Crippen LogP contribution in [0.25, 0.3) is 0 Å². The number of methoxy groups -OCH3 is 1. The lowest BCUT2D eigenvalue weighted by Crippen LogP contribution is -2.16. The zero-order valence-corrected chi connectivity index (χ0v) is 12.1. The number of benzene rings is 1. The standard InChI is InChI=1S/C15H19FN4O/c1-21-14-4-2-3-12(15(14)16)9-20-10-13(18-19-20)8-17-7-11-5-6-11/h2-4,10-11,17H,5-9H2,1H3. The molecule has 1 saturated carbocycles. The van der Waals surface area contributed by atoms with Gasteiger partial charge in [0, 0.05) is 12.1 Å². The molecule has 1 N–H and O–H groups in total. The van der Waals surface area contributed by atoms with Gasteiger partial charge in [0.1, 0.15) is 0 Å². The van der Waals surface area contributed by atoms with E-state index in [1.165, 1.54) is 20.0 Å². The normalized spacial score (nSPS) is 14.4. The summed E-state index contributed by atoms with van der Waals surface area (Å²) in [6.07, 6.45) is 4.50. The summed E-state index contributed by atoms with van der Waals surface area (Å²) in [6.45, 7) is 2.09. The van der Waals surface area contributed by atoms with Crippen LogP contribution >= 0.6 is 0 Å². The maximum absolute atomic E-state index is 14.1. The van der Waals surface area contributed by atoms with E-state index in [0.29, 0.717) is 18.7 Å². The van der Waals surface area contributed by atoms with Crippen molar-refractivity contribution in [3.63, 3.8) is 0 Å². The minimum atomic E-state index is -0.344. The predicted molar refractivity (Wildman–Crippen MR) is 76.5 cm³/mol. The molecule has 1 aliphatic rings. The Morgan fingerprint density at radius 1 is 1.43 bits per heavy atom. The molecule has 0 bridgehead atoms. The van der Waals surface area contributed by atoms with Crippen LogP contribution in [0, 0.1) is 11.7 Å². The highest BCUT2D eigenvalue weighted by atomic mass is 19.1. The molecular weight excluding hydrogens is 271 g/mol. The molecule has 0 unspecified atom stereocenters. The first-order chi connectivity index (χ1) is 10.3. The fourth-order valence-electron chi connectivity index (χ4n) is 2.23. The number of halogens is 1. The second-order valence-electron chi connectivity index (χ2n) is 5.42. The van der Waals surface area contributed by atoms with Gasteiger partial charge in [-0.3, -0.25) is 0 Å². The quantitative estimate of drug-likeness (QED) is 0.847. The molecule has 6 heteroatoms. The largest absolute Gasteiger partial charge is 0.494 e. The lowest BCUT2D eigenvalue weighted by molar-refractivity contribution is 0.383. The van der Waals surface area contributed by atoms with Gasteiger partial charge in [0.05, 0.1) is 25.5 Å². The number of ether oxygens (including phenoxy) is 1. The van der Waals surface area contributed by atoms with Gasteiger partial charge in [-0.15, -0.1) is 5.10 Å². The van der Waals surface area contributed by atoms with Crippen LogP contribution in [0.5, 0.6) is 5.75 Å². The minimum Gasteiger partial charge on any atom is -0.494 e. The topological polar surface area (TPSA) is 52.0 Å². The number of rotatable bonds is 7. The number of hydrogen-bond acceptors (Lipinski definition) is 4. The monoisotopic (exact) mass is 290 g/mol. The third-order valence-corrected chi connectivity index (χ3v) is 3.62. The first kappa shape index (κ1) is 14.0. The van der Waals surface area contributed by atoms with Crippen molar-refractivity contribution < 1.29 is 9.13 Å². The average molecular weight is 290 g/mol. The summed E-state index contributed by atoms with van der Waals surface area (Å²) in [6, 6.07) is 5.10. The molecule has 0 radical (unpaired) electrons. The number of nitrogens with zero attached hydrogens (tertiary/aromatic N) is 3. The predicted octanol–water partition coefficient (Wildman–Crippen LogP) is 1.97. The zero-order valence-electron chi connectivity index (χ0n) is 12.1. The molecule has 0 spiro atoms. The average Bonchev–Trinajstić information content (AvgIpc) is 3.20. The summed E-state index contributed by atoms with van der Waals surface area (Å²) in [4.78, 5) is 0. The number of nitrogens with one attached hydrogen (secondary N) is 1. The van der Waals surface area contributed by atoms with Crippen molar-refractivity contribution in [2.24, 2.45) is 5.92 Å². The summed E-state index contributed by atoms with van der Waals surface area (Å²) in [5.41, 5.74) is 1.41. The lowest BCUT2D eigenvalue weighted by atomic mass is 10.2. The smallest absolute Gasteiger partial charge is 0.170 e. The molecule has 5 nitrogen and oxygen atoms in total. The summed E-state index contributed by atoms with van der Waals surface area (Å²) in [7, 11) is 1.46. The fourth-order valence-corrected chi connectivity index (χ4v) is 2.23. The number of aromatic nitrogens is 3. The van der Waals surface area contributed by atoms with Gasteiger partial charge >= 0.3 is 0 Å². The molecule has 2 aromatic rings. The van der Waals surface area contributed by atoms with E-state index >= 15 is 0 Å². The van der Waals surface area contributed by atoms with Crippen molar-refractivity contribution >= 4 is 0 Å². The third-order valence-electron chi connectivity index (χ3n) is 3.62. The summed E-state index contributed by atoms with van der Waals surface area (Å²) >= 11 is 0. The van der Waals surface area contributed by atoms with Crippen molar-refractivity contribution in [3.8, 4) is 5.75 Å². The summed E-state index contributed by atoms with van der Waals surface area (Å²) in [5, 5.41) is 11.5. The minimum absolute atomic E-state index is 0.249. The van der Waals surface area contributed by atoms with Gasteiger partial charge in [-0.25, -0.2) is 9.07 Å². The van der Waals surface area contributed by atoms with Crippen molar-refractivity contribution in [2.75, 3.05) is 13.7 Å². The van der Waals surface area contributed by atoms with Gasteiger partial charge in [0.15, 0.2) is 11.6 Å². The molecule has 1 aromatic heterocycles. The van der Waals surface area contributed by atoms with Gasteiger partial charge in [0.2, 0.25) is 0 Å². The SMILES string of the molecule is COc1cccc(Cn2cc(CNCC3CC3)nn2)c1F. The second kappa shape index (κ2) is 6.22. The van der Waals surface area contributed by atoms with Crippen LogP contribution < -0.4 is 10.1 Å². The highest BCUT2D eigenvalue weighted by Crippen LogP contribution is 2.27. The van der Waals surface area contributed by atoms with Crippen molar-refractivity contribution in [2.45, 2.75) is 25.9 Å². The molecule has 1 fully saturated rings. The highest BCUT2D eigenvalue weighted by molar-refractivity contribution is 5.31. The Kier molecular flexibility index (Phi) is 4.15. The Labute approximate surface area is 123 Å². The Morgan fingerprint density at radius 3 is 3.05 bits per heavy atom. The first-order valence-electron chi connectivity index (χ1n) is 7.17. The molecule has 112 valence electrons. The van der Waals surface area contributed by atoms with Gasteiger partial charge < -0.3 is 10.1 Å². The Morgan fingerprint density at radius 2 is 2.29 bits per heavy atom. The van der Waals surface area contributed by atoms with Crippen LogP contribution in [0.3, 0.4) is 0 Å². The van der Waals surface area contributed by atoms with E-state index in [1.54, 1.807) is 22.9 Å². The highest BCUT2D eigenvalue weighted by Gasteiger charge is 2.20. The van der Waals surface area contributed by atoms with Crippen LogP contribution in [0.2, 0.25) is 0 Å². The van der Waals surface area contributed by atoms with Gasteiger partial charge in [-0.1, -0.05) is 17.3 Å². The van der Waals surface area contributed by atoms with Crippen LogP contribution in [-0.4, -0.2) is 28.6 Å². The molecule has 1 heterocycles. The molecule has 0 aliphatic heterocycles. The van der Waals surface area contributed by atoms with Gasteiger partial charge in [-0.2, -0.15) is 0 Å². The van der Waals surface area contributed by atoms with E-state index in [1.807, 2.05) is 6.20 Å². The molecule has 3 rings (SSSR count). The van der Waals surface area contributed by atoms with E-state index in [-0.39, 0.29) is 11.6 Å². The summed E-state index contributed by atoms with van der Waals surface area (Å²) in [5.74, 6) is 0.744. The molecule has 0 saturated heterocycles. The van der Waals surface area contributed by atoms with Crippen molar-refractivity contribution in [1.29, 1.82) is 0 Å². The third kappa shape index (κ3) is 3.58. The van der Waals surface area contributed by atoms with Crippen molar-refractivity contribution in [1.82, 2.24) is 20.3 Å². The molecule has 21 heavy (non-hydrogen) atoms. The van der Waals surface area contributed by atoms with Gasteiger partial charge in [0.25, 0.3) is 0 Å². The molecule has 1 aliphatic carbocycles. The Balaban J connectivity index is 1.60. The Bertz CT molecular complexity index is 609. The van der Waals surface area contributed by atoms with Gasteiger partial charge in [-0.05, 0) is 31.4 Å². The maximum atomic E-state index is 14.1. The first-order valence-corrected chi connectivity index (χ1v) is 7.17. The van der Waals surface area contributed by atoms with E-state index in [4.69, 9.17) is 4.74 Å². The van der Waals surface area contributed by atoms with E-state index in [9.17, 15) is 4.39 Å². The fraction of sp³-hybridized carbons (Fsp3) is 0.467. The van der Waals surface area contributed by atoms with E-state index in [0.717, 1.165) is 18.2 Å². The van der Waals surface area contributed by atoms with Crippen LogP contribution in [0.4, 0.5) is 4.39 Å². The molecule has 0 atom stereocenters. The number of hydrogen-bond donors (Lipinski definition) is 1. The van der Waals surface area contributed by atoms with Crippen LogP contribution in [-0.2, 0) is 13.1 Å². The van der Waals surface area contributed by atoms with Crippen LogP contribution in [0.15, 0.2) is 24.4 Å². The molecular formula is C15H19FN4O. The van der Waals surface area contributed by atoms with E-state index < -0.39 is 0 Å². The summed E-state index contributed by atoms with van der Waals surface area (Å²) < 4.78 is 20.7. The zero-order chi connectivity index (χ0) is 14.7. The van der Waals surface area contributed by atoms with Crippen LogP contribution in [0.1, 0.15) is 24.1 Å². The maximum Gasteiger partial charge on any atom is 0.170 e. The molecule has 1 aromatic carbocycles. The second-order valence-corrected chi connectivity index (χ2v) is 5.42. The Hall–Kier alpha value is -1.95. The lowest BCUT2D eigenvalue weighted by Gasteiger charge is -2.06. The van der Waals surface area contributed by atoms with Crippen molar-refractivity contribution in [3.05, 3.63) is 41.5 Å². The molecule has 0 amide bonds. The van der Waals surface area contributed by atoms with E-state index in [2.05, 4.69) is 15.6 Å².